The van der Waals surface area contributed by atoms with Crippen molar-refractivity contribution in [2.45, 2.75) is 6.54 Å². The molecule has 0 unspecified atom stereocenters. The van der Waals surface area contributed by atoms with Gasteiger partial charge in [0, 0.05) is 0 Å². The van der Waals surface area contributed by atoms with Gasteiger partial charge in [0.2, 0.25) is 0 Å². The summed E-state index contributed by atoms with van der Waals surface area (Å²) in [7, 11) is 0. The first-order valence-corrected chi connectivity index (χ1v) is 4.67. The molecule has 15 heavy (non-hydrogen) atoms. The maximum absolute atomic E-state index is 5.89. The number of nitrogens with zero attached hydrogens (tertiary/aromatic N) is 2. The molecule has 0 bridgehead atoms. The van der Waals surface area contributed by atoms with Gasteiger partial charge in [0.15, 0.2) is 5.82 Å². The Morgan fingerprint density at radius 1 is 1.47 bits per heavy atom. The van der Waals surface area contributed by atoms with E-state index < -0.39 is 0 Å². The lowest BCUT2D eigenvalue weighted by Gasteiger charge is -2.05. The Kier molecular flexibility index (Phi) is 2.73. The molecule has 2 aromatic rings. The summed E-state index contributed by atoms with van der Waals surface area (Å²) in [6, 6.07) is 3.67. The summed E-state index contributed by atoms with van der Waals surface area (Å²) < 4.78 is 5.15. The normalized spacial score (nSPS) is 10.2. The Hall–Kier alpha value is -1.75. The van der Waals surface area contributed by atoms with E-state index in [1.54, 1.807) is 6.26 Å². The second kappa shape index (κ2) is 4.18. The molecule has 0 amide bonds. The van der Waals surface area contributed by atoms with Crippen molar-refractivity contribution in [3.05, 3.63) is 35.5 Å². The highest BCUT2D eigenvalue weighted by molar-refractivity contribution is 6.35. The zero-order valence-corrected chi connectivity index (χ0v) is 8.53. The molecule has 0 atom stereocenters. The summed E-state index contributed by atoms with van der Waals surface area (Å²) in [6.07, 6.45) is 2.96. The van der Waals surface area contributed by atoms with E-state index in [4.69, 9.17) is 21.8 Å². The van der Waals surface area contributed by atoms with E-state index in [0.717, 1.165) is 5.76 Å². The molecule has 2 aromatic heterocycles. The molecule has 0 saturated heterocycles. The van der Waals surface area contributed by atoms with Gasteiger partial charge in [-0.05, 0) is 12.1 Å². The summed E-state index contributed by atoms with van der Waals surface area (Å²) in [6.45, 7) is 0.503. The van der Waals surface area contributed by atoms with Crippen LogP contribution in [0, 0.1) is 0 Å². The molecule has 78 valence electrons. The fourth-order valence-electron chi connectivity index (χ4n) is 1.09. The minimum Gasteiger partial charge on any atom is -0.467 e. The molecular formula is C9H9ClN4O. The zero-order valence-electron chi connectivity index (χ0n) is 7.77. The van der Waals surface area contributed by atoms with Crippen LogP contribution in [0.2, 0.25) is 5.02 Å². The Morgan fingerprint density at radius 2 is 2.33 bits per heavy atom. The van der Waals surface area contributed by atoms with Crippen molar-refractivity contribution in [3.8, 4) is 0 Å². The van der Waals surface area contributed by atoms with Crippen molar-refractivity contribution in [2.24, 2.45) is 0 Å². The smallest absolute Gasteiger partial charge is 0.150 e. The molecule has 5 nitrogen and oxygen atoms in total. The van der Waals surface area contributed by atoms with Crippen LogP contribution in [0.15, 0.2) is 29.1 Å². The minimum absolute atomic E-state index is 0.258. The van der Waals surface area contributed by atoms with Crippen LogP contribution in [0.3, 0.4) is 0 Å². The minimum atomic E-state index is 0.258. The maximum atomic E-state index is 5.89. The first-order valence-electron chi connectivity index (χ1n) is 4.29. The van der Waals surface area contributed by atoms with Gasteiger partial charge in [-0.2, -0.15) is 0 Å². The van der Waals surface area contributed by atoms with E-state index in [1.807, 2.05) is 12.1 Å². The number of halogens is 1. The van der Waals surface area contributed by atoms with E-state index in [-0.39, 0.29) is 5.82 Å². The molecule has 0 aromatic carbocycles. The van der Waals surface area contributed by atoms with Crippen molar-refractivity contribution in [3.63, 3.8) is 0 Å². The molecule has 0 radical (unpaired) electrons. The predicted molar refractivity (Wildman–Crippen MR) is 57.5 cm³/mol. The van der Waals surface area contributed by atoms with Gasteiger partial charge in [-0.15, -0.1) is 0 Å². The van der Waals surface area contributed by atoms with Crippen LogP contribution in [0.4, 0.5) is 11.6 Å². The number of rotatable bonds is 3. The number of anilines is 2. The van der Waals surface area contributed by atoms with Gasteiger partial charge >= 0.3 is 0 Å². The van der Waals surface area contributed by atoms with Crippen LogP contribution >= 0.6 is 11.6 Å². The molecule has 2 heterocycles. The zero-order chi connectivity index (χ0) is 10.7. The Morgan fingerprint density at radius 3 is 3.07 bits per heavy atom. The highest BCUT2D eigenvalue weighted by atomic mass is 35.5. The summed E-state index contributed by atoms with van der Waals surface area (Å²) in [5.74, 6) is 1.55. The molecule has 0 spiro atoms. The van der Waals surface area contributed by atoms with E-state index in [2.05, 4.69) is 15.3 Å². The van der Waals surface area contributed by atoms with E-state index in [0.29, 0.717) is 17.4 Å². The van der Waals surface area contributed by atoms with E-state index in [9.17, 15) is 0 Å². The van der Waals surface area contributed by atoms with Gasteiger partial charge in [-0.3, -0.25) is 0 Å². The predicted octanol–water partition coefficient (Wildman–Crippen LogP) is 1.92. The van der Waals surface area contributed by atoms with Crippen LogP contribution in [-0.2, 0) is 6.54 Å². The van der Waals surface area contributed by atoms with Gasteiger partial charge in [0.1, 0.15) is 22.9 Å². The summed E-state index contributed by atoms with van der Waals surface area (Å²) >= 11 is 5.89. The van der Waals surface area contributed by atoms with Crippen molar-refractivity contribution >= 4 is 23.2 Å². The average molecular weight is 225 g/mol. The first kappa shape index (κ1) is 9.79. The third kappa shape index (κ3) is 2.19. The Bertz CT molecular complexity index is 443. The number of nitrogens with two attached hydrogens (primary N) is 1. The summed E-state index contributed by atoms with van der Waals surface area (Å²) in [4.78, 5) is 7.72. The van der Waals surface area contributed by atoms with E-state index in [1.165, 1.54) is 6.33 Å². The van der Waals surface area contributed by atoms with Crippen LogP contribution in [0.1, 0.15) is 5.76 Å². The maximum Gasteiger partial charge on any atom is 0.150 e. The number of nitrogen functional groups attached to an aromatic ring is 1. The molecule has 0 saturated carbocycles. The molecular weight excluding hydrogens is 216 g/mol. The molecule has 6 heteroatoms. The van der Waals surface area contributed by atoms with Gasteiger partial charge in [0.05, 0.1) is 12.8 Å². The third-order valence-electron chi connectivity index (χ3n) is 1.83. The number of aromatic nitrogens is 2. The lowest BCUT2D eigenvalue weighted by molar-refractivity contribution is 0.518. The third-order valence-corrected chi connectivity index (χ3v) is 2.20. The number of hydrogen-bond acceptors (Lipinski definition) is 5. The standard InChI is InChI=1S/C9H9ClN4O/c10-7-8(11)13-5-14-9(7)12-4-6-2-1-3-15-6/h1-3,5H,4H2,(H3,11,12,13,14). The molecule has 0 aliphatic rings. The fraction of sp³-hybridized carbons (Fsp3) is 0.111. The second-order valence-electron chi connectivity index (χ2n) is 2.85. The quantitative estimate of drug-likeness (QED) is 0.833. The van der Waals surface area contributed by atoms with Crippen molar-refractivity contribution in [1.29, 1.82) is 0 Å². The SMILES string of the molecule is Nc1ncnc(NCc2ccco2)c1Cl. The molecule has 2 rings (SSSR count). The van der Waals surface area contributed by atoms with Crippen LogP contribution in [-0.4, -0.2) is 9.97 Å². The first-order chi connectivity index (χ1) is 7.27. The number of furan rings is 1. The molecule has 3 N–H and O–H groups in total. The number of hydrogen-bond donors (Lipinski definition) is 2. The number of nitrogens with one attached hydrogen (secondary N) is 1. The van der Waals surface area contributed by atoms with Crippen LogP contribution in [0.25, 0.3) is 0 Å². The topological polar surface area (TPSA) is 77.0 Å². The fourth-order valence-corrected chi connectivity index (χ4v) is 1.26. The van der Waals surface area contributed by atoms with E-state index >= 15 is 0 Å². The van der Waals surface area contributed by atoms with Crippen molar-refractivity contribution in [2.75, 3.05) is 11.1 Å². The molecule has 0 aliphatic heterocycles. The lowest BCUT2D eigenvalue weighted by Crippen LogP contribution is -2.03. The molecule has 0 aliphatic carbocycles. The molecule has 0 fully saturated rings. The second-order valence-corrected chi connectivity index (χ2v) is 3.23. The summed E-state index contributed by atoms with van der Waals surface area (Å²) in [5, 5.41) is 3.32. The Labute approximate surface area is 91.3 Å². The van der Waals surface area contributed by atoms with Gasteiger partial charge < -0.3 is 15.5 Å². The highest BCUT2D eigenvalue weighted by Crippen LogP contribution is 2.23. The largest absolute Gasteiger partial charge is 0.467 e. The Balaban J connectivity index is 2.08. The van der Waals surface area contributed by atoms with Gasteiger partial charge in [0.25, 0.3) is 0 Å². The highest BCUT2D eigenvalue weighted by Gasteiger charge is 2.06. The van der Waals surface area contributed by atoms with Crippen LogP contribution < -0.4 is 11.1 Å². The van der Waals surface area contributed by atoms with Crippen LogP contribution in [0.5, 0.6) is 0 Å². The summed E-state index contributed by atoms with van der Waals surface area (Å²) in [5.41, 5.74) is 5.52. The van der Waals surface area contributed by atoms with Gasteiger partial charge in [-0.1, -0.05) is 11.6 Å². The van der Waals surface area contributed by atoms with Crippen molar-refractivity contribution in [1.82, 2.24) is 9.97 Å². The lowest BCUT2D eigenvalue weighted by atomic mass is 10.4. The van der Waals surface area contributed by atoms with Crippen molar-refractivity contribution < 1.29 is 4.42 Å². The monoisotopic (exact) mass is 224 g/mol. The van der Waals surface area contributed by atoms with Gasteiger partial charge in [-0.25, -0.2) is 9.97 Å². The average Bonchev–Trinajstić information content (AvgIpc) is 2.73.